The van der Waals surface area contributed by atoms with E-state index in [2.05, 4.69) is 48.5 Å². The SMILES string of the molecule is C#Cc1ccc(CNC(=O)[C@@H]2C[C@@H](O)CN2C(=O)[C@@H](NC(=O)N2CCC(N3CCC(c4cnc(N5CCc6[nH]c7nnc(-c8ccccc8O)cc7c6[C@H]5CC)nc4)CC3)CC2)C(C)(C)C)cc1. The first kappa shape index (κ1) is 46.5. The molecule has 0 unspecified atom stereocenters. The number of urea groups is 1. The number of aromatic amines is 1. The summed E-state index contributed by atoms with van der Waals surface area (Å²) in [7, 11) is 0. The molecule has 9 rings (SSSR count). The van der Waals surface area contributed by atoms with Crippen molar-refractivity contribution in [1.82, 2.24) is 50.5 Å². The minimum absolute atomic E-state index is 0.0174. The number of hydrogen-bond donors (Lipinski definition) is 5. The number of aromatic hydroxyl groups is 1. The van der Waals surface area contributed by atoms with Crippen LogP contribution in [0.2, 0.25) is 0 Å². The zero-order valence-corrected chi connectivity index (χ0v) is 39.5. The van der Waals surface area contributed by atoms with E-state index in [1.807, 2.05) is 63.5 Å². The Labute approximate surface area is 397 Å². The average Bonchev–Trinajstić information content (AvgIpc) is 3.94. The molecule has 16 heteroatoms. The van der Waals surface area contributed by atoms with Crippen molar-refractivity contribution < 1.29 is 24.6 Å². The minimum atomic E-state index is -0.900. The Morgan fingerprint density at radius 1 is 0.956 bits per heavy atom. The van der Waals surface area contributed by atoms with Gasteiger partial charge in [-0.2, -0.15) is 0 Å². The number of para-hydroxylation sites is 1. The first-order chi connectivity index (χ1) is 32.8. The molecule has 7 heterocycles. The number of fused-ring (bicyclic) bond motifs is 3. The summed E-state index contributed by atoms with van der Waals surface area (Å²) in [6, 6.07) is 14.9. The Morgan fingerprint density at radius 3 is 2.35 bits per heavy atom. The lowest BCUT2D eigenvalue weighted by atomic mass is 9.85. The maximum Gasteiger partial charge on any atom is 0.318 e. The van der Waals surface area contributed by atoms with E-state index >= 15 is 0 Å². The fraction of sp³-hybridized carbons (Fsp3) is 0.481. The van der Waals surface area contributed by atoms with Gasteiger partial charge in [0.05, 0.1) is 17.8 Å². The molecule has 0 bridgehead atoms. The third kappa shape index (κ3) is 9.59. The van der Waals surface area contributed by atoms with Gasteiger partial charge in [0.25, 0.3) is 0 Å². The zero-order chi connectivity index (χ0) is 47.7. The van der Waals surface area contributed by atoms with Crippen LogP contribution in [0, 0.1) is 17.8 Å². The number of carbonyl (C=O) groups excluding carboxylic acids is 3. The van der Waals surface area contributed by atoms with Crippen LogP contribution < -0.4 is 15.5 Å². The predicted octanol–water partition coefficient (Wildman–Crippen LogP) is 5.66. The van der Waals surface area contributed by atoms with Crippen molar-refractivity contribution in [3.63, 3.8) is 0 Å². The van der Waals surface area contributed by atoms with Gasteiger partial charge in [-0.3, -0.25) is 9.59 Å². The molecule has 3 saturated heterocycles. The molecule has 4 aliphatic heterocycles. The normalized spacial score (nSPS) is 21.1. The van der Waals surface area contributed by atoms with Crippen LogP contribution in [-0.2, 0) is 22.6 Å². The number of rotatable bonds is 10. The van der Waals surface area contributed by atoms with Gasteiger partial charge < -0.3 is 45.4 Å². The molecule has 68 heavy (non-hydrogen) atoms. The lowest BCUT2D eigenvalue weighted by Gasteiger charge is -2.42. The number of aliphatic hydroxyl groups excluding tert-OH is 1. The summed E-state index contributed by atoms with van der Waals surface area (Å²) < 4.78 is 0. The molecule has 4 atom stereocenters. The van der Waals surface area contributed by atoms with Crippen LogP contribution in [0.1, 0.15) is 106 Å². The highest BCUT2D eigenvalue weighted by molar-refractivity contribution is 5.93. The highest BCUT2D eigenvalue weighted by Crippen LogP contribution is 2.40. The minimum Gasteiger partial charge on any atom is -0.507 e. The summed E-state index contributed by atoms with van der Waals surface area (Å²) in [6.07, 6.45) is 14.1. The molecule has 16 nitrogen and oxygen atoms in total. The summed E-state index contributed by atoms with van der Waals surface area (Å²) in [4.78, 5) is 63.0. The van der Waals surface area contributed by atoms with E-state index in [1.165, 1.54) is 10.5 Å². The fourth-order valence-electron chi connectivity index (χ4n) is 10.8. The molecule has 5 aromatic rings. The second-order valence-corrected chi connectivity index (χ2v) is 19.9. The van der Waals surface area contributed by atoms with Gasteiger partial charge in [0.2, 0.25) is 17.8 Å². The summed E-state index contributed by atoms with van der Waals surface area (Å²) >= 11 is 0. The number of aromatic nitrogens is 5. The molecule has 0 radical (unpaired) electrons. The standard InChI is InChI=1S/C52H63N11O5/c1-6-32-12-14-33(15-13-32)28-53-48(66)43-26-37(64)31-63(43)49(67)46(52(3,4)5)57-51(68)61-23-18-36(19-24-61)60-21-16-34(17-22-60)35-29-54-50(55-30-35)62-25-20-40-45(42(62)7-2)39-27-41(58-59-47(39)56-40)38-10-8-9-11-44(38)65/h1,8-15,27,29-30,34,36-37,42-43,46,64-65H,7,16-26,28,31H2,2-5H3,(H,53,66)(H,56,59)(H,57,68)/t37-,42-,43+,46-/m1/s1. The second kappa shape index (κ2) is 19.6. The van der Waals surface area contributed by atoms with Crippen molar-refractivity contribution in [2.45, 2.75) is 115 Å². The van der Waals surface area contributed by atoms with Crippen molar-refractivity contribution in [2.75, 3.05) is 44.2 Å². The van der Waals surface area contributed by atoms with Gasteiger partial charge in [-0.15, -0.1) is 16.6 Å². The largest absolute Gasteiger partial charge is 0.507 e. The van der Waals surface area contributed by atoms with Crippen molar-refractivity contribution in [2.24, 2.45) is 5.41 Å². The van der Waals surface area contributed by atoms with Gasteiger partial charge in [0.1, 0.15) is 17.8 Å². The van der Waals surface area contributed by atoms with E-state index < -0.39 is 23.6 Å². The average molecular weight is 922 g/mol. The molecule has 4 aliphatic rings. The van der Waals surface area contributed by atoms with E-state index in [0.29, 0.717) is 36.3 Å². The number of nitrogens with one attached hydrogen (secondary N) is 3. The number of β-amino-alcohol motifs (C(OH)–C–C–N with tert-alkyl or cyclic N) is 1. The van der Waals surface area contributed by atoms with Gasteiger partial charge in [0.15, 0.2) is 5.65 Å². The van der Waals surface area contributed by atoms with E-state index in [1.54, 1.807) is 29.2 Å². The van der Waals surface area contributed by atoms with E-state index in [0.717, 1.165) is 97.5 Å². The van der Waals surface area contributed by atoms with Crippen LogP contribution in [0.3, 0.4) is 0 Å². The molecule has 356 valence electrons. The molecule has 0 saturated carbocycles. The monoisotopic (exact) mass is 922 g/mol. The van der Waals surface area contributed by atoms with Gasteiger partial charge in [-0.1, -0.05) is 57.9 Å². The number of amides is 4. The van der Waals surface area contributed by atoms with Crippen LogP contribution in [0.25, 0.3) is 22.3 Å². The molecule has 3 fully saturated rings. The fourth-order valence-corrected chi connectivity index (χ4v) is 10.8. The lowest BCUT2D eigenvalue weighted by Crippen LogP contribution is -2.60. The molecule has 5 N–H and O–H groups in total. The number of H-pyrrole nitrogens is 1. The number of phenolic OH excluding ortho intramolecular Hbond substituents is 1. The van der Waals surface area contributed by atoms with Crippen LogP contribution in [0.5, 0.6) is 5.75 Å². The Morgan fingerprint density at radius 2 is 1.68 bits per heavy atom. The molecule has 4 amide bonds. The van der Waals surface area contributed by atoms with Crippen LogP contribution >= 0.6 is 0 Å². The quantitative estimate of drug-likeness (QED) is 0.109. The Bertz CT molecular complexity index is 2660. The number of phenols is 1. The van der Waals surface area contributed by atoms with Crippen LogP contribution in [-0.4, -0.2) is 131 Å². The molecule has 3 aromatic heterocycles. The first-order valence-corrected chi connectivity index (χ1v) is 24.2. The topological polar surface area (TPSA) is 196 Å². The van der Waals surface area contributed by atoms with E-state index in [4.69, 9.17) is 16.4 Å². The molecular weight excluding hydrogens is 859 g/mol. The maximum atomic E-state index is 14.2. The Hall–Kier alpha value is -6.57. The van der Waals surface area contributed by atoms with Crippen LogP contribution in [0.4, 0.5) is 10.7 Å². The Kier molecular flexibility index (Phi) is 13.4. The van der Waals surface area contributed by atoms with Crippen molar-refractivity contribution in [1.29, 1.82) is 0 Å². The van der Waals surface area contributed by atoms with E-state index in [9.17, 15) is 24.6 Å². The number of terminal acetylenes is 1. The number of piperidine rings is 2. The number of likely N-dealkylation sites (tertiary alicyclic amines) is 3. The maximum absolute atomic E-state index is 14.2. The predicted molar refractivity (Wildman–Crippen MR) is 259 cm³/mol. The third-order valence-corrected chi connectivity index (χ3v) is 14.6. The summed E-state index contributed by atoms with van der Waals surface area (Å²) in [5, 5.41) is 37.0. The van der Waals surface area contributed by atoms with Gasteiger partial charge in [-0.25, -0.2) is 14.8 Å². The Balaban J connectivity index is 0.767. The number of nitrogens with zero attached hydrogens (tertiary/aromatic N) is 8. The highest BCUT2D eigenvalue weighted by Gasteiger charge is 2.45. The first-order valence-electron chi connectivity index (χ1n) is 24.2. The number of anilines is 1. The number of aliphatic hydroxyl groups is 1. The smallest absolute Gasteiger partial charge is 0.318 e. The lowest BCUT2D eigenvalue weighted by molar-refractivity contribution is -0.142. The summed E-state index contributed by atoms with van der Waals surface area (Å²) in [5.74, 6) is 3.10. The second-order valence-electron chi connectivity index (χ2n) is 19.9. The molecule has 0 spiro atoms. The third-order valence-electron chi connectivity index (χ3n) is 14.6. The van der Waals surface area contributed by atoms with Crippen molar-refractivity contribution >= 4 is 34.8 Å². The van der Waals surface area contributed by atoms with Gasteiger partial charge in [0, 0.05) is 91.8 Å². The van der Waals surface area contributed by atoms with Gasteiger partial charge in [-0.05, 0) is 98.0 Å². The van der Waals surface area contributed by atoms with Crippen LogP contribution in [0.15, 0.2) is 67.0 Å². The molecule has 0 aliphatic carbocycles. The highest BCUT2D eigenvalue weighted by atomic mass is 16.3. The molecule has 2 aromatic carbocycles. The van der Waals surface area contributed by atoms with Gasteiger partial charge >= 0.3 is 6.03 Å². The summed E-state index contributed by atoms with van der Waals surface area (Å²) in [5.41, 5.74) is 6.47. The number of benzene rings is 2. The van der Waals surface area contributed by atoms with Crippen molar-refractivity contribution in [3.8, 4) is 29.4 Å². The summed E-state index contributed by atoms with van der Waals surface area (Å²) in [6.45, 7) is 12.0. The van der Waals surface area contributed by atoms with E-state index in [-0.39, 0.29) is 49.1 Å². The number of carbonyl (C=O) groups is 3. The van der Waals surface area contributed by atoms with Crippen molar-refractivity contribution in [3.05, 3.63) is 94.9 Å². The molecular formula is C52H63N11O5. The zero-order valence-electron chi connectivity index (χ0n) is 39.5. The number of hydrogen-bond acceptors (Lipinski definition) is 11.